The second-order valence-corrected chi connectivity index (χ2v) is 21.4. The Morgan fingerprint density at radius 2 is 0.681 bits per heavy atom. The number of esters is 1. The standard InChI is InChI=1S/C63H121NO5/c1-3-5-7-9-11-13-15-17-19-21-23-27-31-35-39-43-47-51-55-61(66)60(59-65)64-62(67)56-52-48-44-40-36-32-28-25-26-30-34-38-42-46-50-54-58-69-63(68)57-53-49-45-41-37-33-29-24-22-20-18-16-14-12-10-8-6-4-2/h20,22,25,28,60-61,65-66H,3-19,21,23-24,26-27,29-59H2,1-2H3,(H,64,67)/b22-20-,28-25-. The van der Waals surface area contributed by atoms with Crippen molar-refractivity contribution in [3.63, 3.8) is 0 Å². The molecule has 69 heavy (non-hydrogen) atoms. The third kappa shape index (κ3) is 55.5. The van der Waals surface area contributed by atoms with E-state index in [1.54, 1.807) is 0 Å². The first-order valence-electron chi connectivity index (χ1n) is 31.1. The number of hydrogen-bond acceptors (Lipinski definition) is 5. The normalized spacial score (nSPS) is 12.7. The number of unbranched alkanes of at least 4 members (excludes halogenated alkanes) is 43. The molecule has 408 valence electrons. The van der Waals surface area contributed by atoms with Crippen molar-refractivity contribution in [2.24, 2.45) is 0 Å². The molecule has 0 aliphatic rings. The number of ether oxygens (including phenoxy) is 1. The fraction of sp³-hybridized carbons (Fsp3) is 0.905. The number of carbonyl (C=O) groups is 2. The molecule has 0 spiro atoms. The molecule has 3 N–H and O–H groups in total. The van der Waals surface area contributed by atoms with Gasteiger partial charge in [-0.05, 0) is 77.0 Å². The molecule has 0 heterocycles. The van der Waals surface area contributed by atoms with E-state index in [9.17, 15) is 19.8 Å². The van der Waals surface area contributed by atoms with E-state index in [4.69, 9.17) is 4.74 Å². The Labute approximate surface area is 431 Å². The Balaban J connectivity index is 3.45. The van der Waals surface area contributed by atoms with Gasteiger partial charge in [-0.2, -0.15) is 0 Å². The van der Waals surface area contributed by atoms with Crippen molar-refractivity contribution in [3.05, 3.63) is 24.3 Å². The topological polar surface area (TPSA) is 95.9 Å². The fourth-order valence-electron chi connectivity index (χ4n) is 9.69. The highest BCUT2D eigenvalue weighted by atomic mass is 16.5. The number of nitrogens with one attached hydrogen (secondary N) is 1. The Bertz CT molecular complexity index is 1080. The van der Waals surface area contributed by atoms with Crippen molar-refractivity contribution in [2.75, 3.05) is 13.2 Å². The fourth-order valence-corrected chi connectivity index (χ4v) is 9.69. The summed E-state index contributed by atoms with van der Waals surface area (Å²) in [7, 11) is 0. The van der Waals surface area contributed by atoms with E-state index in [0.717, 1.165) is 64.2 Å². The lowest BCUT2D eigenvalue weighted by Gasteiger charge is -2.22. The van der Waals surface area contributed by atoms with E-state index >= 15 is 0 Å². The maximum Gasteiger partial charge on any atom is 0.305 e. The number of hydrogen-bond donors (Lipinski definition) is 3. The number of amides is 1. The summed E-state index contributed by atoms with van der Waals surface area (Å²) >= 11 is 0. The minimum Gasteiger partial charge on any atom is -0.466 e. The molecule has 0 bridgehead atoms. The van der Waals surface area contributed by atoms with E-state index < -0.39 is 12.1 Å². The average Bonchev–Trinajstić information content (AvgIpc) is 3.35. The second kappa shape index (κ2) is 58.9. The molecule has 0 aliphatic carbocycles. The van der Waals surface area contributed by atoms with Crippen LogP contribution in [0.25, 0.3) is 0 Å². The Morgan fingerprint density at radius 1 is 0.391 bits per heavy atom. The Morgan fingerprint density at radius 3 is 1.03 bits per heavy atom. The van der Waals surface area contributed by atoms with Crippen LogP contribution in [0.3, 0.4) is 0 Å². The van der Waals surface area contributed by atoms with Gasteiger partial charge in [0.2, 0.25) is 5.91 Å². The summed E-state index contributed by atoms with van der Waals surface area (Å²) in [4.78, 5) is 24.6. The molecule has 0 fully saturated rings. The molecule has 0 aromatic carbocycles. The number of allylic oxidation sites excluding steroid dienone is 4. The molecule has 0 saturated carbocycles. The minimum atomic E-state index is -0.675. The SMILES string of the molecule is CCCCCCCCC/C=C\CCCCCCCCCC(=O)OCCCCCCCCC/C=C\CCCCCCCC(=O)NC(CO)C(O)CCCCCCCCCCCCCCCCCCCC. The maximum absolute atomic E-state index is 12.5. The first-order chi connectivity index (χ1) is 34.0. The third-order valence-corrected chi connectivity index (χ3v) is 14.5. The molecule has 0 radical (unpaired) electrons. The van der Waals surface area contributed by atoms with Crippen LogP contribution in [-0.2, 0) is 14.3 Å². The minimum absolute atomic E-state index is 0.00505. The van der Waals surface area contributed by atoms with Crippen LogP contribution in [0.2, 0.25) is 0 Å². The molecule has 6 heteroatoms. The smallest absolute Gasteiger partial charge is 0.305 e. The van der Waals surface area contributed by atoms with Crippen LogP contribution >= 0.6 is 0 Å². The quantitative estimate of drug-likeness (QED) is 0.0321. The van der Waals surface area contributed by atoms with Gasteiger partial charge in [0.1, 0.15) is 0 Å². The number of aliphatic hydroxyl groups is 2. The van der Waals surface area contributed by atoms with Crippen LogP contribution in [0, 0.1) is 0 Å². The lowest BCUT2D eigenvalue weighted by Crippen LogP contribution is -2.45. The predicted octanol–water partition coefficient (Wildman–Crippen LogP) is 19.4. The van der Waals surface area contributed by atoms with Crippen LogP contribution in [-0.4, -0.2) is 47.4 Å². The molecule has 0 aliphatic heterocycles. The van der Waals surface area contributed by atoms with Crippen molar-refractivity contribution in [1.82, 2.24) is 5.32 Å². The van der Waals surface area contributed by atoms with Crippen LogP contribution in [0.4, 0.5) is 0 Å². The Kier molecular flexibility index (Phi) is 57.5. The summed E-state index contributed by atoms with van der Waals surface area (Å²) in [6, 6.07) is -0.554. The summed E-state index contributed by atoms with van der Waals surface area (Å²) < 4.78 is 5.48. The molecule has 0 saturated heterocycles. The largest absolute Gasteiger partial charge is 0.466 e. The summed E-state index contributed by atoms with van der Waals surface area (Å²) in [6.07, 6.45) is 71.8. The zero-order valence-corrected chi connectivity index (χ0v) is 46.6. The lowest BCUT2D eigenvalue weighted by atomic mass is 10.0. The number of aliphatic hydroxyl groups excluding tert-OH is 2. The molecule has 2 atom stereocenters. The third-order valence-electron chi connectivity index (χ3n) is 14.5. The van der Waals surface area contributed by atoms with Gasteiger partial charge < -0.3 is 20.3 Å². The molecular weight excluding hydrogens is 851 g/mol. The van der Waals surface area contributed by atoms with Crippen LogP contribution in [0.5, 0.6) is 0 Å². The van der Waals surface area contributed by atoms with Gasteiger partial charge in [-0.1, -0.05) is 276 Å². The van der Waals surface area contributed by atoms with Gasteiger partial charge in [-0.3, -0.25) is 9.59 Å². The van der Waals surface area contributed by atoms with E-state index in [1.165, 1.54) is 244 Å². The van der Waals surface area contributed by atoms with E-state index in [0.29, 0.717) is 25.9 Å². The molecule has 6 nitrogen and oxygen atoms in total. The summed E-state index contributed by atoms with van der Waals surface area (Å²) in [5, 5.41) is 23.3. The predicted molar refractivity (Wildman–Crippen MR) is 301 cm³/mol. The molecule has 0 aromatic rings. The number of rotatable bonds is 58. The summed E-state index contributed by atoms with van der Waals surface area (Å²) in [5.41, 5.74) is 0. The zero-order valence-electron chi connectivity index (χ0n) is 46.6. The van der Waals surface area contributed by atoms with E-state index in [-0.39, 0.29) is 18.5 Å². The van der Waals surface area contributed by atoms with Crippen molar-refractivity contribution in [1.29, 1.82) is 0 Å². The first kappa shape index (κ1) is 67.3. The molecule has 1 amide bonds. The van der Waals surface area contributed by atoms with E-state index in [1.807, 2.05) is 0 Å². The van der Waals surface area contributed by atoms with Crippen LogP contribution in [0.1, 0.15) is 341 Å². The van der Waals surface area contributed by atoms with Gasteiger partial charge in [-0.15, -0.1) is 0 Å². The number of carbonyl (C=O) groups excluding carboxylic acids is 2. The van der Waals surface area contributed by atoms with Crippen molar-refractivity contribution >= 4 is 11.9 Å². The van der Waals surface area contributed by atoms with Crippen molar-refractivity contribution in [2.45, 2.75) is 353 Å². The molecule has 0 aromatic heterocycles. The lowest BCUT2D eigenvalue weighted by molar-refractivity contribution is -0.143. The summed E-state index contributed by atoms with van der Waals surface area (Å²) in [5.74, 6) is -0.0546. The molecular formula is C63H121NO5. The van der Waals surface area contributed by atoms with Crippen molar-refractivity contribution < 1.29 is 24.5 Å². The van der Waals surface area contributed by atoms with Gasteiger partial charge >= 0.3 is 5.97 Å². The van der Waals surface area contributed by atoms with Crippen LogP contribution < -0.4 is 5.32 Å². The van der Waals surface area contributed by atoms with Gasteiger partial charge in [-0.25, -0.2) is 0 Å². The van der Waals surface area contributed by atoms with Gasteiger partial charge in [0, 0.05) is 12.8 Å². The summed E-state index contributed by atoms with van der Waals surface area (Å²) in [6.45, 7) is 4.95. The average molecular weight is 973 g/mol. The second-order valence-electron chi connectivity index (χ2n) is 21.4. The highest BCUT2D eigenvalue weighted by Gasteiger charge is 2.20. The molecule has 0 rings (SSSR count). The highest BCUT2D eigenvalue weighted by Crippen LogP contribution is 2.17. The van der Waals surface area contributed by atoms with Crippen LogP contribution in [0.15, 0.2) is 24.3 Å². The van der Waals surface area contributed by atoms with Crippen molar-refractivity contribution in [3.8, 4) is 0 Å². The highest BCUT2D eigenvalue weighted by molar-refractivity contribution is 5.76. The van der Waals surface area contributed by atoms with Gasteiger partial charge in [0.25, 0.3) is 0 Å². The van der Waals surface area contributed by atoms with E-state index in [2.05, 4.69) is 43.5 Å². The monoisotopic (exact) mass is 972 g/mol. The Hall–Kier alpha value is -1.66. The maximum atomic E-state index is 12.5. The zero-order chi connectivity index (χ0) is 50.0. The first-order valence-corrected chi connectivity index (χ1v) is 31.1. The molecule has 2 unspecified atom stereocenters. The van der Waals surface area contributed by atoms with Gasteiger partial charge in [0.15, 0.2) is 0 Å². The van der Waals surface area contributed by atoms with Gasteiger partial charge in [0.05, 0.1) is 25.4 Å².